The first kappa shape index (κ1) is 13.3. The van der Waals surface area contributed by atoms with E-state index in [2.05, 4.69) is 15.9 Å². The van der Waals surface area contributed by atoms with Crippen LogP contribution in [0, 0.1) is 0 Å². The Morgan fingerprint density at radius 2 is 1.94 bits per heavy atom. The highest BCUT2D eigenvalue weighted by atomic mass is 79.9. The lowest BCUT2D eigenvalue weighted by molar-refractivity contribution is -0.138. The summed E-state index contributed by atoms with van der Waals surface area (Å²) in [6.07, 6.45) is -4.39. The van der Waals surface area contributed by atoms with Gasteiger partial charge in [0.25, 0.3) is 0 Å². The molecule has 1 aromatic rings. The Balaban J connectivity index is 2.82. The summed E-state index contributed by atoms with van der Waals surface area (Å²) in [6, 6.07) is 3.74. The topological polar surface area (TPSA) is 18.5 Å². The largest absolute Gasteiger partial charge is 0.491 e. The monoisotopic (exact) mass is 298 g/mol. The van der Waals surface area contributed by atoms with Crippen LogP contribution in [0.25, 0.3) is 0 Å². The summed E-state index contributed by atoms with van der Waals surface area (Å²) in [6.45, 7) is 0.548. The number of benzene rings is 1. The molecule has 0 aliphatic carbocycles. The van der Waals surface area contributed by atoms with E-state index in [-0.39, 0.29) is 16.8 Å². The van der Waals surface area contributed by atoms with E-state index in [1.165, 1.54) is 19.2 Å². The first-order valence-corrected chi connectivity index (χ1v) is 5.23. The fourth-order valence-corrected chi connectivity index (χ4v) is 1.53. The molecule has 1 aromatic carbocycles. The maximum Gasteiger partial charge on any atom is 0.417 e. The maximum absolute atomic E-state index is 12.5. The van der Waals surface area contributed by atoms with Gasteiger partial charge >= 0.3 is 6.18 Å². The smallest absolute Gasteiger partial charge is 0.417 e. The number of hydrogen-bond acceptors (Lipinski definition) is 2. The van der Waals surface area contributed by atoms with E-state index < -0.39 is 11.7 Å². The van der Waals surface area contributed by atoms with Crippen LogP contribution in [0.15, 0.2) is 22.7 Å². The molecule has 6 heteroatoms. The van der Waals surface area contributed by atoms with E-state index in [1.807, 2.05) is 0 Å². The molecule has 16 heavy (non-hydrogen) atoms. The molecule has 1 rings (SSSR count). The SMILES string of the molecule is COCCOc1ccc(Br)c(C(F)(F)F)c1. The van der Waals surface area contributed by atoms with Crippen LogP contribution in [-0.4, -0.2) is 20.3 Å². The predicted molar refractivity (Wildman–Crippen MR) is 56.5 cm³/mol. The molecule has 0 saturated carbocycles. The average molecular weight is 299 g/mol. The molecule has 0 radical (unpaired) electrons. The van der Waals surface area contributed by atoms with Gasteiger partial charge in [-0.3, -0.25) is 0 Å². The van der Waals surface area contributed by atoms with Crippen molar-refractivity contribution in [2.45, 2.75) is 6.18 Å². The molecule has 0 bridgehead atoms. The van der Waals surface area contributed by atoms with Crippen LogP contribution in [0.5, 0.6) is 5.75 Å². The molecule has 90 valence electrons. The summed E-state index contributed by atoms with van der Waals surface area (Å²) in [5.74, 6) is 0.174. The van der Waals surface area contributed by atoms with Crippen LogP contribution in [0.3, 0.4) is 0 Å². The molecule has 0 aromatic heterocycles. The molecule has 0 fully saturated rings. The van der Waals surface area contributed by atoms with Gasteiger partial charge in [0.1, 0.15) is 12.4 Å². The van der Waals surface area contributed by atoms with Crippen molar-refractivity contribution in [3.63, 3.8) is 0 Å². The van der Waals surface area contributed by atoms with E-state index in [9.17, 15) is 13.2 Å². The zero-order valence-corrected chi connectivity index (χ0v) is 10.1. The van der Waals surface area contributed by atoms with Gasteiger partial charge < -0.3 is 9.47 Å². The van der Waals surface area contributed by atoms with Gasteiger partial charge in [0.15, 0.2) is 0 Å². The highest BCUT2D eigenvalue weighted by Crippen LogP contribution is 2.36. The Labute approximate surface area is 99.5 Å². The summed E-state index contributed by atoms with van der Waals surface area (Å²) in [5, 5.41) is 0. The first-order valence-electron chi connectivity index (χ1n) is 4.43. The Hall–Kier alpha value is -0.750. The van der Waals surface area contributed by atoms with Crippen molar-refractivity contribution in [3.8, 4) is 5.75 Å². The lowest BCUT2D eigenvalue weighted by atomic mass is 10.2. The number of hydrogen-bond donors (Lipinski definition) is 0. The fourth-order valence-electron chi connectivity index (χ4n) is 1.05. The second-order valence-corrected chi connectivity index (χ2v) is 3.84. The van der Waals surface area contributed by atoms with E-state index in [0.717, 1.165) is 6.07 Å². The van der Waals surface area contributed by atoms with Crippen molar-refractivity contribution in [2.75, 3.05) is 20.3 Å². The van der Waals surface area contributed by atoms with Crippen molar-refractivity contribution in [3.05, 3.63) is 28.2 Å². The first-order chi connectivity index (χ1) is 7.45. The lowest BCUT2D eigenvalue weighted by Gasteiger charge is -2.11. The average Bonchev–Trinajstić information content (AvgIpc) is 2.19. The van der Waals surface area contributed by atoms with Gasteiger partial charge in [-0.05, 0) is 18.2 Å². The van der Waals surface area contributed by atoms with Crippen LogP contribution < -0.4 is 4.74 Å². The third-order valence-corrected chi connectivity index (χ3v) is 2.49. The third kappa shape index (κ3) is 3.68. The Morgan fingerprint density at radius 1 is 1.25 bits per heavy atom. The molecular weight excluding hydrogens is 289 g/mol. The van der Waals surface area contributed by atoms with Crippen LogP contribution >= 0.6 is 15.9 Å². The quantitative estimate of drug-likeness (QED) is 0.792. The van der Waals surface area contributed by atoms with Gasteiger partial charge in [0.05, 0.1) is 12.2 Å². The van der Waals surface area contributed by atoms with E-state index in [4.69, 9.17) is 9.47 Å². The van der Waals surface area contributed by atoms with Crippen LogP contribution in [0.4, 0.5) is 13.2 Å². The molecule has 0 aliphatic rings. The Kier molecular flexibility index (Phi) is 4.61. The number of rotatable bonds is 4. The molecule has 0 spiro atoms. The van der Waals surface area contributed by atoms with Crippen LogP contribution in [0.2, 0.25) is 0 Å². The molecule has 0 aliphatic heterocycles. The van der Waals surface area contributed by atoms with Crippen LogP contribution in [0.1, 0.15) is 5.56 Å². The summed E-state index contributed by atoms with van der Waals surface area (Å²) in [7, 11) is 1.49. The van der Waals surface area contributed by atoms with Crippen molar-refractivity contribution < 1.29 is 22.6 Å². The minimum absolute atomic E-state index is 0.000841. The number of alkyl halides is 3. The summed E-state index contributed by atoms with van der Waals surface area (Å²) in [5.41, 5.74) is -0.748. The van der Waals surface area contributed by atoms with Crippen molar-refractivity contribution >= 4 is 15.9 Å². The highest BCUT2D eigenvalue weighted by Gasteiger charge is 2.33. The summed E-state index contributed by atoms with van der Waals surface area (Å²) >= 11 is 2.85. The van der Waals surface area contributed by atoms with E-state index in [1.54, 1.807) is 0 Å². The summed E-state index contributed by atoms with van der Waals surface area (Å²) in [4.78, 5) is 0. The van der Waals surface area contributed by atoms with Gasteiger partial charge in [0.2, 0.25) is 0 Å². The molecule has 0 unspecified atom stereocenters. The maximum atomic E-state index is 12.5. The van der Waals surface area contributed by atoms with Crippen molar-refractivity contribution in [2.24, 2.45) is 0 Å². The fraction of sp³-hybridized carbons (Fsp3) is 0.400. The lowest BCUT2D eigenvalue weighted by Crippen LogP contribution is -2.08. The second-order valence-electron chi connectivity index (χ2n) is 2.98. The molecule has 0 saturated heterocycles. The highest BCUT2D eigenvalue weighted by molar-refractivity contribution is 9.10. The van der Waals surface area contributed by atoms with Crippen LogP contribution in [-0.2, 0) is 10.9 Å². The van der Waals surface area contributed by atoms with Gasteiger partial charge in [-0.2, -0.15) is 13.2 Å². The van der Waals surface area contributed by atoms with Gasteiger partial charge in [-0.15, -0.1) is 0 Å². The Bertz CT molecular complexity index is 352. The van der Waals surface area contributed by atoms with Gasteiger partial charge in [-0.25, -0.2) is 0 Å². The molecule has 0 atom stereocenters. The molecule has 0 heterocycles. The molecule has 0 N–H and O–H groups in total. The van der Waals surface area contributed by atoms with Crippen molar-refractivity contribution in [1.29, 1.82) is 0 Å². The molecule has 0 amide bonds. The zero-order chi connectivity index (χ0) is 12.2. The van der Waals surface area contributed by atoms with E-state index >= 15 is 0 Å². The minimum atomic E-state index is -4.39. The third-order valence-electron chi connectivity index (χ3n) is 1.80. The standard InChI is InChI=1S/C10H10BrF3O2/c1-15-4-5-16-7-2-3-9(11)8(6-7)10(12,13)14/h2-3,6H,4-5H2,1H3. The Morgan fingerprint density at radius 3 is 2.50 bits per heavy atom. The molecule has 2 nitrogen and oxygen atoms in total. The number of halogens is 4. The predicted octanol–water partition coefficient (Wildman–Crippen LogP) is 3.49. The van der Waals surface area contributed by atoms with Gasteiger partial charge in [0, 0.05) is 11.6 Å². The van der Waals surface area contributed by atoms with Gasteiger partial charge in [-0.1, -0.05) is 15.9 Å². The second kappa shape index (κ2) is 5.54. The van der Waals surface area contributed by atoms with Crippen molar-refractivity contribution in [1.82, 2.24) is 0 Å². The zero-order valence-electron chi connectivity index (χ0n) is 8.47. The minimum Gasteiger partial charge on any atom is -0.491 e. The summed E-state index contributed by atoms with van der Waals surface area (Å²) < 4.78 is 47.3. The molecular formula is C10H10BrF3O2. The normalized spacial score (nSPS) is 11.6. The van der Waals surface area contributed by atoms with E-state index in [0.29, 0.717) is 6.61 Å². The number of methoxy groups -OCH3 is 1. The number of ether oxygens (including phenoxy) is 2.